The third-order valence-electron chi connectivity index (χ3n) is 2.90. The summed E-state index contributed by atoms with van der Waals surface area (Å²) in [5.41, 5.74) is 4.81. The molecule has 110 valence electrons. The van der Waals surface area contributed by atoms with Gasteiger partial charge in [0.1, 0.15) is 5.84 Å². The highest BCUT2D eigenvalue weighted by Crippen LogP contribution is 2.31. The molecule has 0 fully saturated rings. The number of nitrogens with two attached hydrogens (primary N) is 1. The van der Waals surface area contributed by atoms with E-state index in [0.29, 0.717) is 11.4 Å². The molecule has 0 bridgehead atoms. The monoisotopic (exact) mass is 301 g/mol. The average molecular weight is 302 g/mol. The summed E-state index contributed by atoms with van der Waals surface area (Å²) in [6.45, 7) is 3.72. The molecule has 20 heavy (non-hydrogen) atoms. The molecule has 0 aliphatic rings. The fourth-order valence-corrected chi connectivity index (χ4v) is 1.60. The third kappa shape index (κ3) is 3.99. The lowest BCUT2D eigenvalue weighted by Crippen LogP contribution is -2.33. The lowest BCUT2D eigenvalue weighted by atomic mass is 9.88. The number of nitro benzene ring substituents is 1. The predicted octanol–water partition coefficient (Wildman–Crippen LogP) is 2.79. The van der Waals surface area contributed by atoms with Crippen LogP contribution in [0.1, 0.15) is 20.3 Å². The zero-order chi connectivity index (χ0) is 15.3. The Morgan fingerprint density at radius 3 is 2.80 bits per heavy atom. The van der Waals surface area contributed by atoms with Gasteiger partial charge in [-0.25, -0.2) is 0 Å². The topological polar surface area (TPSA) is 111 Å². The Bertz CT molecular complexity index is 531. The van der Waals surface area contributed by atoms with Crippen LogP contribution in [0.15, 0.2) is 23.4 Å². The summed E-state index contributed by atoms with van der Waals surface area (Å²) in [6, 6.07) is 4.09. The molecule has 0 amide bonds. The molecule has 0 saturated heterocycles. The van der Waals surface area contributed by atoms with Crippen LogP contribution in [-0.4, -0.2) is 22.6 Å². The van der Waals surface area contributed by atoms with Crippen LogP contribution in [0.3, 0.4) is 0 Å². The van der Waals surface area contributed by atoms with Crippen molar-refractivity contribution >= 4 is 23.1 Å². The van der Waals surface area contributed by atoms with Crippen LogP contribution in [0.2, 0.25) is 5.02 Å². The van der Waals surface area contributed by atoms with Gasteiger partial charge >= 0.3 is 5.69 Å². The molecule has 1 aromatic carbocycles. The molecule has 1 aromatic rings. The molecule has 0 aliphatic carbocycles. The van der Waals surface area contributed by atoms with Gasteiger partial charge in [-0.2, -0.15) is 0 Å². The Balaban J connectivity index is 2.76. The first-order valence-corrected chi connectivity index (χ1v) is 6.20. The summed E-state index contributed by atoms with van der Waals surface area (Å²) < 4.78 is 5.39. The minimum atomic E-state index is -0.581. The maximum absolute atomic E-state index is 10.9. The van der Waals surface area contributed by atoms with E-state index >= 15 is 0 Å². The van der Waals surface area contributed by atoms with E-state index in [9.17, 15) is 10.1 Å². The number of nitro groups is 1. The first-order chi connectivity index (χ1) is 9.27. The fourth-order valence-electron chi connectivity index (χ4n) is 1.43. The zero-order valence-electron chi connectivity index (χ0n) is 11.2. The summed E-state index contributed by atoms with van der Waals surface area (Å²) in [5, 5.41) is 22.8. The Hall–Kier alpha value is -2.02. The largest absolute Gasteiger partial charge is 0.487 e. The highest BCUT2D eigenvalue weighted by molar-refractivity contribution is 6.30. The van der Waals surface area contributed by atoms with E-state index in [1.165, 1.54) is 18.2 Å². The predicted molar refractivity (Wildman–Crippen MR) is 75.4 cm³/mol. The van der Waals surface area contributed by atoms with Crippen molar-refractivity contribution in [1.29, 1.82) is 0 Å². The minimum absolute atomic E-state index is 0.0710. The van der Waals surface area contributed by atoms with Crippen molar-refractivity contribution in [1.82, 2.24) is 0 Å². The number of ether oxygens (including phenoxy) is 1. The van der Waals surface area contributed by atoms with Crippen molar-refractivity contribution in [3.8, 4) is 5.75 Å². The van der Waals surface area contributed by atoms with Gasteiger partial charge in [0.15, 0.2) is 5.75 Å². The van der Waals surface area contributed by atoms with E-state index in [4.69, 9.17) is 27.3 Å². The number of oxime groups is 1. The second kappa shape index (κ2) is 6.42. The molecule has 0 radical (unpaired) electrons. The number of hydrogen-bond acceptors (Lipinski definition) is 5. The summed E-state index contributed by atoms with van der Waals surface area (Å²) in [7, 11) is 0. The van der Waals surface area contributed by atoms with Crippen LogP contribution in [0.25, 0.3) is 0 Å². The SMILES string of the molecule is CC(C)(CCOc1cc(Cl)ccc1[N+](=O)[O-])C(N)=NO. The second-order valence-corrected chi connectivity index (χ2v) is 5.27. The first-order valence-electron chi connectivity index (χ1n) is 5.82. The maximum atomic E-state index is 10.9. The van der Waals surface area contributed by atoms with Gasteiger partial charge < -0.3 is 15.7 Å². The molecule has 0 aromatic heterocycles. The second-order valence-electron chi connectivity index (χ2n) is 4.84. The lowest BCUT2D eigenvalue weighted by Gasteiger charge is -2.22. The van der Waals surface area contributed by atoms with Crippen molar-refractivity contribution in [2.75, 3.05) is 6.61 Å². The van der Waals surface area contributed by atoms with E-state index in [0.717, 1.165) is 0 Å². The molecule has 0 spiro atoms. The summed E-state index contributed by atoms with van der Waals surface area (Å²) >= 11 is 5.79. The molecule has 8 heteroatoms. The van der Waals surface area contributed by atoms with Crippen molar-refractivity contribution < 1.29 is 14.9 Å². The molecule has 3 N–H and O–H groups in total. The van der Waals surface area contributed by atoms with E-state index in [1.807, 2.05) is 0 Å². The van der Waals surface area contributed by atoms with Crippen LogP contribution < -0.4 is 10.5 Å². The van der Waals surface area contributed by atoms with Crippen molar-refractivity contribution in [2.24, 2.45) is 16.3 Å². The van der Waals surface area contributed by atoms with Crippen LogP contribution in [0.4, 0.5) is 5.69 Å². The van der Waals surface area contributed by atoms with E-state index in [2.05, 4.69) is 5.16 Å². The Labute approximate surface area is 121 Å². The number of rotatable bonds is 6. The standard InChI is InChI=1S/C12H16ClN3O4/c1-12(2,11(14)15-17)5-6-20-10-7-8(13)3-4-9(10)16(18)19/h3-4,7,17H,5-6H2,1-2H3,(H2,14,15). The average Bonchev–Trinajstić information content (AvgIpc) is 2.37. The van der Waals surface area contributed by atoms with Gasteiger partial charge in [-0.1, -0.05) is 30.6 Å². The van der Waals surface area contributed by atoms with Crippen molar-refractivity contribution in [3.63, 3.8) is 0 Å². The highest BCUT2D eigenvalue weighted by Gasteiger charge is 2.24. The van der Waals surface area contributed by atoms with Gasteiger partial charge in [-0.05, 0) is 12.5 Å². The van der Waals surface area contributed by atoms with Crippen LogP contribution in [0, 0.1) is 15.5 Å². The summed E-state index contributed by atoms with van der Waals surface area (Å²) in [6.07, 6.45) is 0.423. The number of halogens is 1. The smallest absolute Gasteiger partial charge is 0.311 e. The number of benzene rings is 1. The zero-order valence-corrected chi connectivity index (χ0v) is 11.9. The molecule has 0 aliphatic heterocycles. The first kappa shape index (κ1) is 16.0. The molecule has 0 saturated carbocycles. The quantitative estimate of drug-likeness (QED) is 0.276. The van der Waals surface area contributed by atoms with Gasteiger partial charge in [0.25, 0.3) is 0 Å². The number of nitrogens with zero attached hydrogens (tertiary/aromatic N) is 2. The van der Waals surface area contributed by atoms with E-state index in [-0.39, 0.29) is 23.9 Å². The van der Waals surface area contributed by atoms with Gasteiger partial charge in [-0.15, -0.1) is 0 Å². The van der Waals surface area contributed by atoms with Gasteiger partial charge in [-0.3, -0.25) is 10.1 Å². The highest BCUT2D eigenvalue weighted by atomic mass is 35.5. The van der Waals surface area contributed by atoms with Gasteiger partial charge in [0.2, 0.25) is 0 Å². The van der Waals surface area contributed by atoms with Gasteiger partial charge in [0, 0.05) is 22.6 Å². The molecule has 1 rings (SSSR count). The molecule has 0 heterocycles. The number of hydrogen-bond donors (Lipinski definition) is 2. The van der Waals surface area contributed by atoms with E-state index < -0.39 is 10.3 Å². The van der Waals surface area contributed by atoms with Crippen molar-refractivity contribution in [2.45, 2.75) is 20.3 Å². The van der Waals surface area contributed by atoms with Crippen LogP contribution >= 0.6 is 11.6 Å². The van der Waals surface area contributed by atoms with E-state index in [1.54, 1.807) is 13.8 Å². The summed E-state index contributed by atoms with van der Waals surface area (Å²) in [5.74, 6) is 0.166. The summed E-state index contributed by atoms with van der Waals surface area (Å²) in [4.78, 5) is 10.3. The van der Waals surface area contributed by atoms with Crippen LogP contribution in [-0.2, 0) is 0 Å². The Morgan fingerprint density at radius 1 is 1.60 bits per heavy atom. The number of amidine groups is 1. The third-order valence-corrected chi connectivity index (χ3v) is 3.14. The molecule has 7 nitrogen and oxygen atoms in total. The fraction of sp³-hybridized carbons (Fsp3) is 0.417. The Morgan fingerprint density at radius 2 is 2.25 bits per heavy atom. The maximum Gasteiger partial charge on any atom is 0.311 e. The van der Waals surface area contributed by atoms with Gasteiger partial charge in [0.05, 0.1) is 11.5 Å². The molecule has 0 unspecified atom stereocenters. The normalized spacial score (nSPS) is 12.2. The molecular formula is C12H16ClN3O4. The van der Waals surface area contributed by atoms with Crippen LogP contribution in [0.5, 0.6) is 5.75 Å². The molecular weight excluding hydrogens is 286 g/mol. The molecule has 0 atom stereocenters. The Kier molecular flexibility index (Phi) is 5.15. The lowest BCUT2D eigenvalue weighted by molar-refractivity contribution is -0.385. The van der Waals surface area contributed by atoms with Crippen molar-refractivity contribution in [3.05, 3.63) is 33.3 Å². The minimum Gasteiger partial charge on any atom is -0.487 e.